The summed E-state index contributed by atoms with van der Waals surface area (Å²) in [6.07, 6.45) is -0.294. The van der Waals surface area contributed by atoms with Gasteiger partial charge in [-0.25, -0.2) is 4.68 Å². The van der Waals surface area contributed by atoms with E-state index in [1.807, 2.05) is 20.8 Å². The maximum absolute atomic E-state index is 12.1. The lowest BCUT2D eigenvalue weighted by Gasteiger charge is -2.19. The van der Waals surface area contributed by atoms with Gasteiger partial charge in [-0.05, 0) is 6.07 Å². The predicted octanol–water partition coefficient (Wildman–Crippen LogP) is 0.814. The molecule has 1 N–H and O–H groups in total. The summed E-state index contributed by atoms with van der Waals surface area (Å²) in [4.78, 5) is 22.9. The van der Waals surface area contributed by atoms with E-state index in [0.29, 0.717) is 18.8 Å². The van der Waals surface area contributed by atoms with Crippen molar-refractivity contribution >= 4 is 5.97 Å². The van der Waals surface area contributed by atoms with Crippen LogP contribution in [-0.4, -0.2) is 34.6 Å². The van der Waals surface area contributed by atoms with Crippen molar-refractivity contribution in [3.8, 4) is 0 Å². The number of nitrogens with zero attached hydrogens (tertiary/aromatic N) is 2. The molecule has 6 nitrogen and oxygen atoms in total. The lowest BCUT2D eigenvalue weighted by atomic mass is 9.91. The Bertz CT molecular complexity index is 514. The molecule has 0 aliphatic carbocycles. The van der Waals surface area contributed by atoms with Gasteiger partial charge in [-0.1, -0.05) is 20.8 Å². The van der Waals surface area contributed by atoms with Gasteiger partial charge in [0.15, 0.2) is 0 Å². The minimum Gasteiger partial charge on any atom is -0.481 e. The summed E-state index contributed by atoms with van der Waals surface area (Å²) in [6.45, 7) is 6.56. The molecule has 1 aromatic rings. The van der Waals surface area contributed by atoms with Crippen LogP contribution >= 0.6 is 0 Å². The molecular formula is C13H20N2O4. The first-order chi connectivity index (χ1) is 8.75. The second-order valence-electron chi connectivity index (χ2n) is 5.40. The Morgan fingerprint density at radius 1 is 1.47 bits per heavy atom. The fourth-order valence-corrected chi connectivity index (χ4v) is 1.58. The molecule has 6 heteroatoms. The number of carboxylic acid groups (broad SMARTS) is 1. The highest BCUT2D eigenvalue weighted by Crippen LogP contribution is 2.19. The Morgan fingerprint density at radius 2 is 2.11 bits per heavy atom. The summed E-state index contributed by atoms with van der Waals surface area (Å²) in [5.74, 6) is -1.03. The first-order valence-electron chi connectivity index (χ1n) is 6.08. The Balaban J connectivity index is 3.30. The predicted molar refractivity (Wildman–Crippen MR) is 70.4 cm³/mol. The quantitative estimate of drug-likeness (QED) is 0.854. The number of methoxy groups -OCH3 is 1. The van der Waals surface area contributed by atoms with Gasteiger partial charge >= 0.3 is 5.97 Å². The second kappa shape index (κ2) is 5.97. The molecule has 1 heterocycles. The largest absolute Gasteiger partial charge is 0.481 e. The number of aliphatic carboxylic acids is 1. The third kappa shape index (κ3) is 4.17. The van der Waals surface area contributed by atoms with Crippen LogP contribution < -0.4 is 5.56 Å². The van der Waals surface area contributed by atoms with Crippen molar-refractivity contribution in [2.75, 3.05) is 13.7 Å². The molecular weight excluding hydrogens is 248 g/mol. The fraction of sp³-hybridized carbons (Fsp3) is 0.615. The van der Waals surface area contributed by atoms with Crippen LogP contribution in [0.1, 0.15) is 32.0 Å². The highest BCUT2D eigenvalue weighted by molar-refractivity contribution is 5.70. The lowest BCUT2D eigenvalue weighted by Crippen LogP contribution is -2.32. The first kappa shape index (κ1) is 15.4. The third-order valence-electron chi connectivity index (χ3n) is 2.67. The molecule has 1 aromatic heterocycles. The molecule has 0 atom stereocenters. The second-order valence-corrected chi connectivity index (χ2v) is 5.40. The molecule has 0 saturated heterocycles. The molecule has 0 spiro atoms. The van der Waals surface area contributed by atoms with Gasteiger partial charge in [-0.15, -0.1) is 0 Å². The van der Waals surface area contributed by atoms with Gasteiger partial charge in [0.1, 0.15) is 0 Å². The topological polar surface area (TPSA) is 81.4 Å². The Kier molecular flexibility index (Phi) is 4.83. The number of rotatable bonds is 5. The summed E-state index contributed by atoms with van der Waals surface area (Å²) in [6, 6.07) is 1.58. The summed E-state index contributed by atoms with van der Waals surface area (Å²) < 4.78 is 6.21. The number of hydrogen-bond donors (Lipinski definition) is 1. The van der Waals surface area contributed by atoms with E-state index in [2.05, 4.69) is 5.10 Å². The van der Waals surface area contributed by atoms with Crippen molar-refractivity contribution < 1.29 is 14.6 Å². The standard InChI is InChI=1S/C13H20N2O4/c1-13(2,3)10-7-9(8-11(16)17)12(18)15(14-10)5-6-19-4/h7H,5-6,8H2,1-4H3,(H,16,17). The van der Waals surface area contributed by atoms with Crippen molar-refractivity contribution in [1.29, 1.82) is 0 Å². The zero-order valence-electron chi connectivity index (χ0n) is 11.8. The monoisotopic (exact) mass is 268 g/mol. The average Bonchev–Trinajstić information content (AvgIpc) is 2.28. The van der Waals surface area contributed by atoms with Crippen LogP contribution in [0, 0.1) is 0 Å². The number of carbonyl (C=O) groups is 1. The third-order valence-corrected chi connectivity index (χ3v) is 2.67. The molecule has 0 amide bonds. The van der Waals surface area contributed by atoms with Gasteiger partial charge in [0.2, 0.25) is 0 Å². The first-order valence-corrected chi connectivity index (χ1v) is 6.08. The number of ether oxygens (including phenoxy) is 1. The van der Waals surface area contributed by atoms with Gasteiger partial charge in [0.25, 0.3) is 5.56 Å². The van der Waals surface area contributed by atoms with Gasteiger partial charge < -0.3 is 9.84 Å². The van der Waals surface area contributed by atoms with Crippen LogP contribution in [0.3, 0.4) is 0 Å². The smallest absolute Gasteiger partial charge is 0.308 e. The summed E-state index contributed by atoms with van der Waals surface area (Å²) in [5.41, 5.74) is 0.325. The van der Waals surface area contributed by atoms with E-state index in [-0.39, 0.29) is 23.0 Å². The van der Waals surface area contributed by atoms with Gasteiger partial charge in [0, 0.05) is 18.1 Å². The maximum atomic E-state index is 12.1. The molecule has 0 unspecified atom stereocenters. The van der Waals surface area contributed by atoms with E-state index in [0.717, 1.165) is 0 Å². The van der Waals surface area contributed by atoms with Gasteiger partial charge in [-0.2, -0.15) is 5.10 Å². The molecule has 1 rings (SSSR count). The zero-order chi connectivity index (χ0) is 14.6. The Labute approximate surface area is 112 Å². The van der Waals surface area contributed by atoms with Crippen molar-refractivity contribution in [3.63, 3.8) is 0 Å². The van der Waals surface area contributed by atoms with Crippen LogP contribution in [0.5, 0.6) is 0 Å². The molecule has 0 bridgehead atoms. The van der Waals surface area contributed by atoms with Crippen molar-refractivity contribution in [3.05, 3.63) is 27.7 Å². The maximum Gasteiger partial charge on any atom is 0.308 e. The number of carboxylic acids is 1. The molecule has 0 aliphatic rings. The van der Waals surface area contributed by atoms with E-state index in [1.54, 1.807) is 6.07 Å². The lowest BCUT2D eigenvalue weighted by molar-refractivity contribution is -0.136. The molecule has 106 valence electrons. The normalized spacial score (nSPS) is 11.6. The van der Waals surface area contributed by atoms with Crippen molar-refractivity contribution in [2.24, 2.45) is 0 Å². The Hall–Kier alpha value is -1.69. The van der Waals surface area contributed by atoms with Crippen LogP contribution in [0.25, 0.3) is 0 Å². The molecule has 0 fully saturated rings. The van der Waals surface area contributed by atoms with Crippen LogP contribution in [0.15, 0.2) is 10.9 Å². The highest BCUT2D eigenvalue weighted by atomic mass is 16.5. The summed E-state index contributed by atoms with van der Waals surface area (Å²) in [5, 5.41) is 13.1. The highest BCUT2D eigenvalue weighted by Gasteiger charge is 2.20. The Morgan fingerprint density at radius 3 is 2.58 bits per heavy atom. The van der Waals surface area contributed by atoms with Crippen molar-refractivity contribution in [2.45, 2.75) is 39.2 Å². The summed E-state index contributed by atoms with van der Waals surface area (Å²) in [7, 11) is 1.54. The zero-order valence-corrected chi connectivity index (χ0v) is 11.8. The molecule has 0 aliphatic heterocycles. The minimum absolute atomic E-state index is 0.253. The fourth-order valence-electron chi connectivity index (χ4n) is 1.58. The van der Waals surface area contributed by atoms with Crippen molar-refractivity contribution in [1.82, 2.24) is 9.78 Å². The SMILES string of the molecule is COCCn1nc(C(C)(C)C)cc(CC(=O)O)c1=O. The van der Waals surface area contributed by atoms with E-state index in [9.17, 15) is 9.59 Å². The average molecular weight is 268 g/mol. The van der Waals surface area contributed by atoms with E-state index in [1.165, 1.54) is 11.8 Å². The van der Waals surface area contributed by atoms with Gasteiger partial charge in [0.05, 0.1) is 25.3 Å². The number of hydrogen-bond acceptors (Lipinski definition) is 4. The molecule has 0 radical (unpaired) electrons. The minimum atomic E-state index is -1.03. The molecule has 0 saturated carbocycles. The molecule has 19 heavy (non-hydrogen) atoms. The van der Waals surface area contributed by atoms with E-state index in [4.69, 9.17) is 9.84 Å². The molecule has 0 aromatic carbocycles. The van der Waals surface area contributed by atoms with Crippen LogP contribution in [-0.2, 0) is 27.9 Å². The van der Waals surface area contributed by atoms with E-state index < -0.39 is 5.97 Å². The van der Waals surface area contributed by atoms with Crippen LogP contribution in [0.4, 0.5) is 0 Å². The number of aromatic nitrogens is 2. The summed E-state index contributed by atoms with van der Waals surface area (Å²) >= 11 is 0. The van der Waals surface area contributed by atoms with Gasteiger partial charge in [-0.3, -0.25) is 9.59 Å². The van der Waals surface area contributed by atoms with Crippen LogP contribution in [0.2, 0.25) is 0 Å². The van der Waals surface area contributed by atoms with E-state index >= 15 is 0 Å².